The van der Waals surface area contributed by atoms with Crippen LogP contribution in [0.3, 0.4) is 0 Å². The van der Waals surface area contributed by atoms with Crippen molar-refractivity contribution >= 4 is 23.2 Å². The van der Waals surface area contributed by atoms with E-state index in [-0.39, 0.29) is 25.0 Å². The van der Waals surface area contributed by atoms with E-state index in [0.717, 1.165) is 11.3 Å². The Morgan fingerprint density at radius 3 is 2.30 bits per heavy atom. The van der Waals surface area contributed by atoms with Crippen molar-refractivity contribution < 1.29 is 28.5 Å². The van der Waals surface area contributed by atoms with Gasteiger partial charge in [-0.2, -0.15) is 0 Å². The van der Waals surface area contributed by atoms with Crippen molar-refractivity contribution in [1.82, 2.24) is 0 Å². The quantitative estimate of drug-likeness (QED) is 0.297. The number of hydrogen-bond acceptors (Lipinski definition) is 6. The summed E-state index contributed by atoms with van der Waals surface area (Å²) >= 11 is 0. The summed E-state index contributed by atoms with van der Waals surface area (Å²) in [5.41, 5.74) is 2.12. The second-order valence-electron chi connectivity index (χ2n) is 9.59. The fourth-order valence-electron chi connectivity index (χ4n) is 5.15. The average Bonchev–Trinajstić information content (AvgIpc) is 3.47. The highest BCUT2D eigenvalue weighted by Crippen LogP contribution is 2.44. The first-order valence-electron chi connectivity index (χ1n) is 13.1. The lowest BCUT2D eigenvalue weighted by molar-refractivity contribution is -0.125. The fraction of sp³-hybridized carbons (Fsp3) is 0.188. The number of ether oxygens (including phenoxy) is 4. The Hall–Kier alpha value is -4.98. The van der Waals surface area contributed by atoms with Gasteiger partial charge in [0.1, 0.15) is 17.2 Å². The fourth-order valence-corrected chi connectivity index (χ4v) is 5.15. The molecule has 1 saturated heterocycles. The number of carbonyl (C=O) groups is 2. The van der Waals surface area contributed by atoms with E-state index in [9.17, 15) is 9.59 Å². The predicted molar refractivity (Wildman–Crippen MR) is 150 cm³/mol. The lowest BCUT2D eigenvalue weighted by atomic mass is 9.83. The molecule has 1 fully saturated rings. The molecule has 1 N–H and O–H groups in total. The molecular weight excluding hydrogens is 508 g/mol. The molecule has 4 aromatic rings. The van der Waals surface area contributed by atoms with Crippen LogP contribution in [0, 0.1) is 5.92 Å². The maximum Gasteiger partial charge on any atom is 0.231 e. The van der Waals surface area contributed by atoms with Gasteiger partial charge in [0.05, 0.1) is 19.1 Å². The van der Waals surface area contributed by atoms with Crippen LogP contribution in [0.5, 0.6) is 28.7 Å². The summed E-state index contributed by atoms with van der Waals surface area (Å²) < 4.78 is 22.2. The summed E-state index contributed by atoms with van der Waals surface area (Å²) in [6.07, 6.45) is 0.653. The normalized spacial score (nSPS) is 17.8. The number of anilines is 2. The van der Waals surface area contributed by atoms with Gasteiger partial charge in [0.15, 0.2) is 11.5 Å². The first-order chi connectivity index (χ1) is 19.6. The van der Waals surface area contributed by atoms with Crippen LogP contribution in [0.2, 0.25) is 0 Å². The Labute approximate surface area is 232 Å². The molecule has 0 saturated carbocycles. The number of benzene rings is 4. The minimum Gasteiger partial charge on any atom is -0.497 e. The number of fused-ring (bicyclic) bond motifs is 1. The van der Waals surface area contributed by atoms with Gasteiger partial charge in [-0.05, 0) is 72.6 Å². The Morgan fingerprint density at radius 1 is 0.850 bits per heavy atom. The van der Waals surface area contributed by atoms with E-state index in [4.69, 9.17) is 18.9 Å². The van der Waals surface area contributed by atoms with Gasteiger partial charge >= 0.3 is 0 Å². The van der Waals surface area contributed by atoms with Crippen LogP contribution in [0.15, 0.2) is 97.1 Å². The van der Waals surface area contributed by atoms with Crippen molar-refractivity contribution in [2.75, 3.05) is 24.1 Å². The van der Waals surface area contributed by atoms with Crippen molar-refractivity contribution in [1.29, 1.82) is 0 Å². The third-order valence-electron chi connectivity index (χ3n) is 7.13. The minimum atomic E-state index is -0.534. The van der Waals surface area contributed by atoms with Crippen molar-refractivity contribution in [2.45, 2.75) is 18.9 Å². The van der Waals surface area contributed by atoms with Gasteiger partial charge in [0, 0.05) is 23.9 Å². The lowest BCUT2D eigenvalue weighted by Gasteiger charge is -2.41. The first kappa shape index (κ1) is 25.3. The highest BCUT2D eigenvalue weighted by atomic mass is 16.7. The molecule has 0 bridgehead atoms. The van der Waals surface area contributed by atoms with Gasteiger partial charge < -0.3 is 29.2 Å². The molecule has 2 atom stereocenters. The van der Waals surface area contributed by atoms with Gasteiger partial charge in [-0.1, -0.05) is 30.3 Å². The summed E-state index contributed by atoms with van der Waals surface area (Å²) in [4.78, 5) is 28.9. The molecule has 0 unspecified atom stereocenters. The number of nitrogens with zero attached hydrogens (tertiary/aromatic N) is 1. The van der Waals surface area contributed by atoms with Gasteiger partial charge in [-0.25, -0.2) is 0 Å². The maximum atomic E-state index is 13.8. The minimum absolute atomic E-state index is 0.0638. The first-order valence-corrected chi connectivity index (χ1v) is 13.1. The zero-order valence-electron chi connectivity index (χ0n) is 21.9. The maximum absolute atomic E-state index is 13.8. The zero-order chi connectivity index (χ0) is 27.5. The Bertz CT molecular complexity index is 1510. The van der Waals surface area contributed by atoms with Crippen LogP contribution in [0.1, 0.15) is 24.4 Å². The summed E-state index contributed by atoms with van der Waals surface area (Å²) in [6, 6.07) is 29.1. The third-order valence-corrected chi connectivity index (χ3v) is 7.13. The van der Waals surface area contributed by atoms with E-state index in [1.807, 2.05) is 84.9 Å². The molecule has 0 aliphatic carbocycles. The van der Waals surface area contributed by atoms with Crippen LogP contribution in [-0.2, 0) is 9.59 Å². The largest absolute Gasteiger partial charge is 0.497 e. The van der Waals surface area contributed by atoms with E-state index in [2.05, 4.69) is 5.32 Å². The zero-order valence-corrected chi connectivity index (χ0v) is 21.9. The second kappa shape index (κ2) is 11.0. The molecule has 202 valence electrons. The van der Waals surface area contributed by atoms with Crippen molar-refractivity contribution in [3.8, 4) is 28.7 Å². The summed E-state index contributed by atoms with van der Waals surface area (Å²) in [5.74, 6) is 2.55. The molecule has 40 heavy (non-hydrogen) atoms. The van der Waals surface area contributed by atoms with E-state index in [0.29, 0.717) is 40.8 Å². The molecule has 8 heteroatoms. The Balaban J connectivity index is 1.28. The third kappa shape index (κ3) is 5.16. The summed E-state index contributed by atoms with van der Waals surface area (Å²) in [6.45, 7) is 0.134. The van der Waals surface area contributed by atoms with Crippen LogP contribution < -0.4 is 29.2 Å². The van der Waals surface area contributed by atoms with E-state index >= 15 is 0 Å². The number of nitrogens with one attached hydrogen (secondary N) is 1. The number of hydrogen-bond donors (Lipinski definition) is 1. The van der Waals surface area contributed by atoms with Crippen molar-refractivity contribution in [3.05, 3.63) is 103 Å². The van der Waals surface area contributed by atoms with Gasteiger partial charge in [0.25, 0.3) is 0 Å². The van der Waals surface area contributed by atoms with Crippen molar-refractivity contribution in [2.24, 2.45) is 5.92 Å². The van der Waals surface area contributed by atoms with Crippen LogP contribution in [0.4, 0.5) is 11.4 Å². The van der Waals surface area contributed by atoms with Crippen LogP contribution in [-0.4, -0.2) is 25.7 Å². The average molecular weight is 537 g/mol. The molecule has 4 aromatic carbocycles. The van der Waals surface area contributed by atoms with Crippen molar-refractivity contribution in [3.63, 3.8) is 0 Å². The number of methoxy groups -OCH3 is 1. The monoisotopic (exact) mass is 536 g/mol. The molecule has 0 spiro atoms. The highest BCUT2D eigenvalue weighted by Gasteiger charge is 2.42. The molecule has 2 aliphatic heterocycles. The number of amides is 2. The number of piperidine rings is 1. The van der Waals surface area contributed by atoms with E-state index < -0.39 is 12.0 Å². The molecule has 0 radical (unpaired) electrons. The number of rotatable bonds is 7. The summed E-state index contributed by atoms with van der Waals surface area (Å²) in [5, 5.41) is 3.05. The molecule has 2 aliphatic rings. The van der Waals surface area contributed by atoms with Crippen LogP contribution >= 0.6 is 0 Å². The lowest BCUT2D eigenvalue weighted by Crippen LogP contribution is -2.46. The Kier molecular flexibility index (Phi) is 6.97. The number of para-hydroxylation sites is 1. The van der Waals surface area contributed by atoms with E-state index in [1.54, 1.807) is 24.1 Å². The molecule has 2 heterocycles. The SMILES string of the molecule is COc1ccc([C@H]2[C@H](C(=O)Nc3ccc(Oc4ccccc4)cc3)CCC(=O)N2c2ccc3c(c2)OCO3)cc1. The second-order valence-corrected chi connectivity index (χ2v) is 9.59. The molecular formula is C32H28N2O6. The van der Waals surface area contributed by atoms with Crippen LogP contribution in [0.25, 0.3) is 0 Å². The predicted octanol–water partition coefficient (Wildman–Crippen LogP) is 6.34. The highest BCUT2D eigenvalue weighted by molar-refractivity contribution is 6.00. The molecule has 0 aromatic heterocycles. The summed E-state index contributed by atoms with van der Waals surface area (Å²) in [7, 11) is 1.60. The molecule has 2 amide bonds. The Morgan fingerprint density at radius 2 is 1.55 bits per heavy atom. The molecule has 8 nitrogen and oxygen atoms in total. The van der Waals surface area contributed by atoms with E-state index in [1.165, 1.54) is 0 Å². The smallest absolute Gasteiger partial charge is 0.231 e. The molecule has 6 rings (SSSR count). The topological polar surface area (TPSA) is 86.3 Å². The van der Waals surface area contributed by atoms with Gasteiger partial charge in [-0.3, -0.25) is 9.59 Å². The standard InChI is InChI=1S/C32H28N2O6/c1-37-24-12-7-21(8-13-24)31-27(16-18-30(35)34(31)23-11-17-28-29(19-23)39-20-38-28)32(36)33-22-9-14-26(15-10-22)40-25-5-3-2-4-6-25/h2-15,17,19,27,31H,16,18,20H2,1H3,(H,33,36)/t27-,31+/m1/s1. The van der Waals surface area contributed by atoms with Gasteiger partial charge in [-0.15, -0.1) is 0 Å². The number of carbonyl (C=O) groups excluding carboxylic acids is 2. The van der Waals surface area contributed by atoms with Gasteiger partial charge in [0.2, 0.25) is 18.6 Å².